The van der Waals surface area contributed by atoms with Gasteiger partial charge in [0.2, 0.25) is 0 Å². The number of likely N-dealkylation sites (tertiary alicyclic amines) is 1. The van der Waals surface area contributed by atoms with Crippen LogP contribution in [0.3, 0.4) is 0 Å². The maximum absolute atomic E-state index is 8.50. The zero-order valence-electron chi connectivity index (χ0n) is 7.25. The Hall–Kier alpha value is -0.590. The predicted molar refractivity (Wildman–Crippen MR) is 44.5 cm³/mol. The Morgan fingerprint density at radius 1 is 1.33 bits per heavy atom. The van der Waals surface area contributed by atoms with Crippen molar-refractivity contribution < 1.29 is 4.74 Å². The van der Waals surface area contributed by atoms with E-state index in [0.29, 0.717) is 12.0 Å². The maximum Gasteiger partial charge on any atom is 0.0865 e. The van der Waals surface area contributed by atoms with Gasteiger partial charge < -0.3 is 4.74 Å². The molecule has 0 saturated carbocycles. The van der Waals surface area contributed by atoms with E-state index in [0.717, 1.165) is 26.3 Å². The summed E-state index contributed by atoms with van der Waals surface area (Å²) in [7, 11) is 0. The van der Waals surface area contributed by atoms with Gasteiger partial charge in [0.1, 0.15) is 0 Å². The van der Waals surface area contributed by atoms with Gasteiger partial charge in [0, 0.05) is 5.41 Å². The molecule has 3 heteroatoms. The minimum atomic E-state index is 0.506. The molecule has 2 saturated heterocycles. The molecular formula is C9H14N2O. The van der Waals surface area contributed by atoms with Gasteiger partial charge in [-0.3, -0.25) is 4.90 Å². The quantitative estimate of drug-likeness (QED) is 0.536. The summed E-state index contributed by atoms with van der Waals surface area (Å²) in [5, 5.41) is 8.50. The average molecular weight is 166 g/mol. The minimum Gasteiger partial charge on any atom is -0.380 e. The van der Waals surface area contributed by atoms with E-state index in [1.165, 1.54) is 12.8 Å². The normalized spacial score (nSPS) is 27.9. The lowest BCUT2D eigenvalue weighted by molar-refractivity contribution is -0.138. The Bertz CT molecular complexity index is 195. The van der Waals surface area contributed by atoms with Crippen LogP contribution in [0.1, 0.15) is 12.8 Å². The Kier molecular flexibility index (Phi) is 2.03. The highest BCUT2D eigenvalue weighted by Gasteiger charge is 2.40. The van der Waals surface area contributed by atoms with Gasteiger partial charge in [-0.15, -0.1) is 0 Å². The van der Waals surface area contributed by atoms with Crippen molar-refractivity contribution in [2.75, 3.05) is 32.8 Å². The third kappa shape index (κ3) is 1.33. The van der Waals surface area contributed by atoms with Gasteiger partial charge in [0.25, 0.3) is 0 Å². The van der Waals surface area contributed by atoms with Crippen LogP contribution in [0.2, 0.25) is 0 Å². The number of piperidine rings is 1. The lowest BCUT2D eigenvalue weighted by atomic mass is 9.77. The summed E-state index contributed by atoms with van der Waals surface area (Å²) >= 11 is 0. The van der Waals surface area contributed by atoms with Crippen molar-refractivity contribution >= 4 is 0 Å². The SMILES string of the molecule is N#CCN1CCC2(CC1)COC2. The van der Waals surface area contributed by atoms with E-state index >= 15 is 0 Å². The molecule has 0 aromatic carbocycles. The van der Waals surface area contributed by atoms with Crippen LogP contribution in [0.25, 0.3) is 0 Å². The van der Waals surface area contributed by atoms with Crippen LogP contribution in [0.4, 0.5) is 0 Å². The van der Waals surface area contributed by atoms with E-state index in [1.54, 1.807) is 0 Å². The van der Waals surface area contributed by atoms with Crippen LogP contribution < -0.4 is 0 Å². The number of nitriles is 1. The molecular weight excluding hydrogens is 152 g/mol. The van der Waals surface area contributed by atoms with Gasteiger partial charge in [-0.1, -0.05) is 0 Å². The van der Waals surface area contributed by atoms with Crippen LogP contribution >= 0.6 is 0 Å². The van der Waals surface area contributed by atoms with Crippen molar-refractivity contribution in [3.8, 4) is 6.07 Å². The number of rotatable bonds is 1. The molecule has 0 aromatic heterocycles. The molecule has 2 aliphatic heterocycles. The van der Waals surface area contributed by atoms with E-state index in [-0.39, 0.29) is 0 Å². The van der Waals surface area contributed by atoms with Crippen LogP contribution in [-0.4, -0.2) is 37.7 Å². The topological polar surface area (TPSA) is 36.3 Å². The molecule has 0 atom stereocenters. The number of hydrogen-bond donors (Lipinski definition) is 0. The molecule has 0 radical (unpaired) electrons. The lowest BCUT2D eigenvalue weighted by Gasteiger charge is -2.46. The first-order chi connectivity index (χ1) is 5.85. The number of nitrogens with zero attached hydrogens (tertiary/aromatic N) is 2. The van der Waals surface area contributed by atoms with E-state index in [4.69, 9.17) is 10.00 Å². The molecule has 66 valence electrons. The molecule has 2 aliphatic rings. The number of ether oxygens (including phenoxy) is 1. The van der Waals surface area contributed by atoms with Gasteiger partial charge in [-0.05, 0) is 25.9 Å². The first-order valence-electron chi connectivity index (χ1n) is 4.52. The van der Waals surface area contributed by atoms with Crippen LogP contribution in [0.15, 0.2) is 0 Å². The molecule has 12 heavy (non-hydrogen) atoms. The average Bonchev–Trinajstić information content (AvgIpc) is 2.04. The Morgan fingerprint density at radius 2 is 2.00 bits per heavy atom. The van der Waals surface area contributed by atoms with Crippen molar-refractivity contribution in [2.24, 2.45) is 5.41 Å². The molecule has 0 N–H and O–H groups in total. The van der Waals surface area contributed by atoms with E-state index in [9.17, 15) is 0 Å². The summed E-state index contributed by atoms with van der Waals surface area (Å²) in [5.41, 5.74) is 0.506. The summed E-state index contributed by atoms with van der Waals surface area (Å²) in [6.07, 6.45) is 2.43. The number of hydrogen-bond acceptors (Lipinski definition) is 3. The summed E-state index contributed by atoms with van der Waals surface area (Å²) in [6, 6.07) is 2.20. The Labute approximate surface area is 72.9 Å². The first-order valence-corrected chi connectivity index (χ1v) is 4.52. The summed E-state index contributed by atoms with van der Waals surface area (Å²) in [4.78, 5) is 2.23. The van der Waals surface area contributed by atoms with Crippen molar-refractivity contribution in [1.29, 1.82) is 5.26 Å². The van der Waals surface area contributed by atoms with Gasteiger partial charge in [-0.2, -0.15) is 5.26 Å². The van der Waals surface area contributed by atoms with Gasteiger partial charge in [0.15, 0.2) is 0 Å². The van der Waals surface area contributed by atoms with Crippen molar-refractivity contribution in [3.63, 3.8) is 0 Å². The van der Waals surface area contributed by atoms with Crippen LogP contribution in [0, 0.1) is 16.7 Å². The third-order valence-corrected chi connectivity index (χ3v) is 3.03. The molecule has 2 fully saturated rings. The molecule has 2 rings (SSSR count). The maximum atomic E-state index is 8.50. The minimum absolute atomic E-state index is 0.506. The molecule has 3 nitrogen and oxygen atoms in total. The molecule has 0 bridgehead atoms. The summed E-state index contributed by atoms with van der Waals surface area (Å²) in [5.74, 6) is 0. The standard InChI is InChI=1S/C9H14N2O/c10-3-6-11-4-1-9(2-5-11)7-12-8-9/h1-2,4-8H2. The largest absolute Gasteiger partial charge is 0.380 e. The Morgan fingerprint density at radius 3 is 2.42 bits per heavy atom. The lowest BCUT2D eigenvalue weighted by Crippen LogP contribution is -2.50. The summed E-state index contributed by atoms with van der Waals surface area (Å²) in [6.45, 7) is 4.66. The van der Waals surface area contributed by atoms with E-state index in [2.05, 4.69) is 11.0 Å². The van der Waals surface area contributed by atoms with Gasteiger partial charge in [-0.25, -0.2) is 0 Å². The molecule has 0 aliphatic carbocycles. The molecule has 0 amide bonds. The van der Waals surface area contributed by atoms with E-state index < -0.39 is 0 Å². The fourth-order valence-corrected chi connectivity index (χ4v) is 1.96. The van der Waals surface area contributed by atoms with Crippen LogP contribution in [-0.2, 0) is 4.74 Å². The van der Waals surface area contributed by atoms with Crippen molar-refractivity contribution in [3.05, 3.63) is 0 Å². The molecule has 0 unspecified atom stereocenters. The highest BCUT2D eigenvalue weighted by Crippen LogP contribution is 2.38. The Balaban J connectivity index is 1.81. The fraction of sp³-hybridized carbons (Fsp3) is 0.889. The highest BCUT2D eigenvalue weighted by molar-refractivity contribution is 4.92. The smallest absolute Gasteiger partial charge is 0.0865 e. The molecule has 0 aromatic rings. The van der Waals surface area contributed by atoms with Crippen molar-refractivity contribution in [2.45, 2.75) is 12.8 Å². The zero-order valence-corrected chi connectivity index (χ0v) is 7.25. The monoisotopic (exact) mass is 166 g/mol. The molecule has 1 spiro atoms. The molecule has 2 heterocycles. The summed E-state index contributed by atoms with van der Waals surface area (Å²) < 4.78 is 5.23. The predicted octanol–water partition coefficient (Wildman–Crippen LogP) is 0.622. The van der Waals surface area contributed by atoms with Gasteiger partial charge in [0.05, 0.1) is 25.8 Å². The van der Waals surface area contributed by atoms with E-state index in [1.807, 2.05) is 0 Å². The zero-order chi connectivity index (χ0) is 8.44. The van der Waals surface area contributed by atoms with Gasteiger partial charge >= 0.3 is 0 Å². The third-order valence-electron chi connectivity index (χ3n) is 3.03. The van der Waals surface area contributed by atoms with Crippen molar-refractivity contribution in [1.82, 2.24) is 4.90 Å². The first kappa shape index (κ1) is 8.03. The van der Waals surface area contributed by atoms with Crippen LogP contribution in [0.5, 0.6) is 0 Å². The highest BCUT2D eigenvalue weighted by atomic mass is 16.5. The fourth-order valence-electron chi connectivity index (χ4n) is 1.96. The second-order valence-corrected chi connectivity index (χ2v) is 3.93. The second-order valence-electron chi connectivity index (χ2n) is 3.93. The second kappa shape index (κ2) is 3.04.